The van der Waals surface area contributed by atoms with Crippen LogP contribution in [-0.2, 0) is 9.47 Å². The molecule has 0 bridgehead atoms. The standard InChI is InChI=1S/C8H13NO2/c1-6(2)7-9-8(3,10-4)5-11-7/h1,5H2,2-4H3. The van der Waals surface area contributed by atoms with Crippen molar-refractivity contribution in [1.82, 2.24) is 0 Å². The molecule has 3 heteroatoms. The predicted molar refractivity (Wildman–Crippen MR) is 43.6 cm³/mol. The number of hydrogen-bond acceptors (Lipinski definition) is 3. The van der Waals surface area contributed by atoms with Crippen LogP contribution in [0, 0.1) is 0 Å². The van der Waals surface area contributed by atoms with Crippen molar-refractivity contribution >= 4 is 5.90 Å². The highest BCUT2D eigenvalue weighted by Gasteiger charge is 2.31. The van der Waals surface area contributed by atoms with Crippen LogP contribution in [0.25, 0.3) is 0 Å². The van der Waals surface area contributed by atoms with Gasteiger partial charge in [-0.25, -0.2) is 4.99 Å². The maximum atomic E-state index is 5.25. The van der Waals surface area contributed by atoms with E-state index in [0.717, 1.165) is 5.57 Å². The highest BCUT2D eigenvalue weighted by Crippen LogP contribution is 2.20. The van der Waals surface area contributed by atoms with E-state index in [1.165, 1.54) is 0 Å². The second-order valence-corrected chi connectivity index (χ2v) is 2.87. The Bertz CT molecular complexity index is 210. The minimum absolute atomic E-state index is 0.478. The highest BCUT2D eigenvalue weighted by molar-refractivity contribution is 5.93. The summed E-state index contributed by atoms with van der Waals surface area (Å²) in [6.07, 6.45) is 0. The first-order valence-corrected chi connectivity index (χ1v) is 3.51. The van der Waals surface area contributed by atoms with Crippen molar-refractivity contribution in [3.63, 3.8) is 0 Å². The maximum absolute atomic E-state index is 5.25. The van der Waals surface area contributed by atoms with Gasteiger partial charge in [-0.15, -0.1) is 0 Å². The molecule has 0 aromatic rings. The maximum Gasteiger partial charge on any atom is 0.214 e. The number of methoxy groups -OCH3 is 1. The van der Waals surface area contributed by atoms with E-state index in [0.29, 0.717) is 12.5 Å². The number of aliphatic imine (C=N–C) groups is 1. The molecule has 1 aliphatic rings. The van der Waals surface area contributed by atoms with E-state index in [-0.39, 0.29) is 0 Å². The van der Waals surface area contributed by atoms with Gasteiger partial charge in [0, 0.05) is 12.7 Å². The van der Waals surface area contributed by atoms with Crippen LogP contribution in [0.4, 0.5) is 0 Å². The zero-order valence-corrected chi connectivity index (χ0v) is 7.18. The molecule has 0 amide bonds. The van der Waals surface area contributed by atoms with Gasteiger partial charge in [0.15, 0.2) is 5.72 Å². The van der Waals surface area contributed by atoms with Crippen molar-refractivity contribution in [2.45, 2.75) is 19.6 Å². The van der Waals surface area contributed by atoms with Gasteiger partial charge in [-0.1, -0.05) is 6.58 Å². The number of hydrogen-bond donors (Lipinski definition) is 0. The number of nitrogens with zero attached hydrogens (tertiary/aromatic N) is 1. The number of ether oxygens (including phenoxy) is 2. The van der Waals surface area contributed by atoms with Gasteiger partial charge in [0.25, 0.3) is 0 Å². The van der Waals surface area contributed by atoms with Crippen LogP contribution >= 0.6 is 0 Å². The molecule has 3 nitrogen and oxygen atoms in total. The lowest BCUT2D eigenvalue weighted by Crippen LogP contribution is -2.25. The summed E-state index contributed by atoms with van der Waals surface area (Å²) in [5.41, 5.74) is 0.333. The summed E-state index contributed by atoms with van der Waals surface area (Å²) in [6, 6.07) is 0. The van der Waals surface area contributed by atoms with Gasteiger partial charge in [0.2, 0.25) is 5.90 Å². The molecule has 0 spiro atoms. The molecule has 0 saturated heterocycles. The van der Waals surface area contributed by atoms with Crippen LogP contribution in [0.1, 0.15) is 13.8 Å². The highest BCUT2D eigenvalue weighted by atomic mass is 16.6. The van der Waals surface area contributed by atoms with Crippen molar-refractivity contribution in [3.05, 3.63) is 12.2 Å². The topological polar surface area (TPSA) is 30.8 Å². The summed E-state index contributed by atoms with van der Waals surface area (Å²) < 4.78 is 10.4. The molecule has 1 aliphatic heterocycles. The summed E-state index contributed by atoms with van der Waals surface area (Å²) in [5.74, 6) is 0.606. The smallest absolute Gasteiger partial charge is 0.214 e. The van der Waals surface area contributed by atoms with Crippen LogP contribution in [-0.4, -0.2) is 25.3 Å². The van der Waals surface area contributed by atoms with Crippen LogP contribution in [0.5, 0.6) is 0 Å². The van der Waals surface area contributed by atoms with Gasteiger partial charge in [-0.2, -0.15) is 0 Å². The monoisotopic (exact) mass is 155 g/mol. The van der Waals surface area contributed by atoms with E-state index in [4.69, 9.17) is 9.47 Å². The van der Waals surface area contributed by atoms with Gasteiger partial charge in [0.05, 0.1) is 0 Å². The molecular weight excluding hydrogens is 142 g/mol. The molecule has 0 radical (unpaired) electrons. The Balaban J connectivity index is 2.75. The molecule has 1 atom stereocenters. The van der Waals surface area contributed by atoms with E-state index in [2.05, 4.69) is 11.6 Å². The fourth-order valence-electron chi connectivity index (χ4n) is 0.805. The normalized spacial score (nSPS) is 29.5. The third kappa shape index (κ3) is 1.60. The SMILES string of the molecule is C=C(C)C1=NC(C)(OC)CO1. The first-order valence-electron chi connectivity index (χ1n) is 3.51. The summed E-state index contributed by atoms with van der Waals surface area (Å²) in [5, 5.41) is 0. The van der Waals surface area contributed by atoms with E-state index in [1.807, 2.05) is 13.8 Å². The second kappa shape index (κ2) is 2.66. The zero-order chi connectivity index (χ0) is 8.48. The van der Waals surface area contributed by atoms with Crippen molar-refractivity contribution < 1.29 is 9.47 Å². The van der Waals surface area contributed by atoms with Crippen molar-refractivity contribution in [2.75, 3.05) is 13.7 Å². The Morgan fingerprint density at radius 3 is 2.73 bits per heavy atom. The van der Waals surface area contributed by atoms with Crippen LogP contribution in [0.15, 0.2) is 17.1 Å². The quantitative estimate of drug-likeness (QED) is 0.602. The largest absolute Gasteiger partial charge is 0.472 e. The molecule has 62 valence electrons. The zero-order valence-electron chi connectivity index (χ0n) is 7.18. The molecule has 11 heavy (non-hydrogen) atoms. The molecule has 0 aliphatic carbocycles. The van der Waals surface area contributed by atoms with Gasteiger partial charge >= 0.3 is 0 Å². The fourth-order valence-corrected chi connectivity index (χ4v) is 0.805. The molecule has 0 saturated carbocycles. The Morgan fingerprint density at radius 2 is 2.45 bits per heavy atom. The minimum atomic E-state index is -0.506. The molecule has 0 aromatic carbocycles. The average Bonchev–Trinajstić information content (AvgIpc) is 2.33. The average molecular weight is 155 g/mol. The van der Waals surface area contributed by atoms with Gasteiger partial charge in [-0.05, 0) is 13.8 Å². The van der Waals surface area contributed by atoms with E-state index in [1.54, 1.807) is 7.11 Å². The summed E-state index contributed by atoms with van der Waals surface area (Å²) >= 11 is 0. The fraction of sp³-hybridized carbons (Fsp3) is 0.625. The van der Waals surface area contributed by atoms with Crippen LogP contribution in [0.3, 0.4) is 0 Å². The lowest BCUT2D eigenvalue weighted by atomic mass is 10.3. The third-order valence-corrected chi connectivity index (χ3v) is 1.62. The van der Waals surface area contributed by atoms with Crippen LogP contribution in [0.2, 0.25) is 0 Å². The molecule has 1 unspecified atom stereocenters. The Kier molecular flexibility index (Phi) is 2.00. The van der Waals surface area contributed by atoms with Gasteiger partial charge < -0.3 is 9.47 Å². The second-order valence-electron chi connectivity index (χ2n) is 2.87. The predicted octanol–water partition coefficient (Wildman–Crippen LogP) is 1.35. The van der Waals surface area contributed by atoms with Crippen molar-refractivity contribution in [1.29, 1.82) is 0 Å². The lowest BCUT2D eigenvalue weighted by molar-refractivity contribution is -0.00543. The van der Waals surface area contributed by atoms with Gasteiger partial charge in [-0.3, -0.25) is 0 Å². The molecule has 1 heterocycles. The minimum Gasteiger partial charge on any atom is -0.472 e. The first-order chi connectivity index (χ1) is 5.07. The van der Waals surface area contributed by atoms with Crippen molar-refractivity contribution in [3.8, 4) is 0 Å². The Morgan fingerprint density at radius 1 is 1.82 bits per heavy atom. The summed E-state index contributed by atoms with van der Waals surface area (Å²) in [6.45, 7) is 7.94. The number of rotatable bonds is 2. The first kappa shape index (κ1) is 8.27. The lowest BCUT2D eigenvalue weighted by Gasteiger charge is -2.14. The molecule has 0 fully saturated rings. The van der Waals surface area contributed by atoms with E-state index >= 15 is 0 Å². The Labute approximate surface area is 66.7 Å². The molecular formula is C8H13NO2. The molecule has 0 N–H and O–H groups in total. The molecule has 1 rings (SSSR count). The Hall–Kier alpha value is -0.830. The van der Waals surface area contributed by atoms with Crippen molar-refractivity contribution in [2.24, 2.45) is 4.99 Å². The van der Waals surface area contributed by atoms with E-state index in [9.17, 15) is 0 Å². The van der Waals surface area contributed by atoms with Crippen LogP contribution < -0.4 is 0 Å². The van der Waals surface area contributed by atoms with E-state index < -0.39 is 5.72 Å². The van der Waals surface area contributed by atoms with Gasteiger partial charge in [0.1, 0.15) is 6.61 Å². The third-order valence-electron chi connectivity index (χ3n) is 1.62. The summed E-state index contributed by atoms with van der Waals surface area (Å²) in [4.78, 5) is 4.21. The summed E-state index contributed by atoms with van der Waals surface area (Å²) in [7, 11) is 1.62. The molecule has 0 aromatic heterocycles.